The SMILES string of the molecule is Cc1cn(C)nc1NC(=O)N1CC=C(c2cccc(Cl)c2F)CC1. The van der Waals surface area contributed by atoms with E-state index in [1.165, 1.54) is 6.07 Å². The van der Waals surface area contributed by atoms with Gasteiger partial charge in [0, 0.05) is 37.5 Å². The van der Waals surface area contributed by atoms with Crippen LogP contribution >= 0.6 is 11.6 Å². The number of aromatic nitrogens is 2. The Morgan fingerprint density at radius 2 is 2.21 bits per heavy atom. The number of halogens is 2. The molecule has 24 heavy (non-hydrogen) atoms. The number of nitrogens with one attached hydrogen (secondary N) is 1. The number of hydrogen-bond donors (Lipinski definition) is 1. The molecule has 0 spiro atoms. The number of rotatable bonds is 2. The maximum absolute atomic E-state index is 14.1. The van der Waals surface area contributed by atoms with Crippen LogP contribution in [0.2, 0.25) is 5.02 Å². The molecular formula is C17H18ClFN4O. The van der Waals surface area contributed by atoms with Crippen LogP contribution in [0.1, 0.15) is 17.5 Å². The van der Waals surface area contributed by atoms with E-state index in [0.717, 1.165) is 11.1 Å². The Morgan fingerprint density at radius 1 is 1.42 bits per heavy atom. The van der Waals surface area contributed by atoms with Gasteiger partial charge in [-0.1, -0.05) is 29.8 Å². The highest BCUT2D eigenvalue weighted by Crippen LogP contribution is 2.28. The van der Waals surface area contributed by atoms with Gasteiger partial charge in [0.2, 0.25) is 0 Å². The summed E-state index contributed by atoms with van der Waals surface area (Å²) in [5.74, 6) is 0.144. The lowest BCUT2D eigenvalue weighted by Gasteiger charge is -2.26. The number of urea groups is 1. The van der Waals surface area contributed by atoms with Crippen molar-refractivity contribution in [2.24, 2.45) is 7.05 Å². The highest BCUT2D eigenvalue weighted by atomic mass is 35.5. The minimum Gasteiger partial charge on any atom is -0.320 e. The first kappa shape index (κ1) is 16.5. The van der Waals surface area contributed by atoms with Gasteiger partial charge in [0.15, 0.2) is 5.82 Å². The van der Waals surface area contributed by atoms with Gasteiger partial charge in [-0.05, 0) is 25.0 Å². The molecular weight excluding hydrogens is 331 g/mol. The van der Waals surface area contributed by atoms with Gasteiger partial charge in [0.25, 0.3) is 0 Å². The Labute approximate surface area is 144 Å². The van der Waals surface area contributed by atoms with E-state index in [1.54, 1.807) is 28.8 Å². The maximum Gasteiger partial charge on any atom is 0.323 e. The number of nitrogens with zero attached hydrogens (tertiary/aromatic N) is 3. The second-order valence-corrected chi connectivity index (χ2v) is 6.20. The summed E-state index contributed by atoms with van der Waals surface area (Å²) in [6.45, 7) is 2.81. The van der Waals surface area contributed by atoms with E-state index in [2.05, 4.69) is 10.4 Å². The van der Waals surface area contributed by atoms with E-state index < -0.39 is 5.82 Å². The molecule has 0 bridgehead atoms. The lowest BCUT2D eigenvalue weighted by atomic mass is 9.99. The molecule has 3 rings (SSSR count). The molecule has 7 heteroatoms. The summed E-state index contributed by atoms with van der Waals surface area (Å²) in [4.78, 5) is 14.0. The standard InChI is InChI=1S/C17H18ClFN4O/c1-11-10-22(2)21-16(11)20-17(24)23-8-6-12(7-9-23)13-4-3-5-14(18)15(13)19/h3-6,10H,7-9H2,1-2H3,(H,20,21,24). The zero-order valence-corrected chi connectivity index (χ0v) is 14.3. The molecule has 5 nitrogen and oxygen atoms in total. The first-order valence-electron chi connectivity index (χ1n) is 7.65. The summed E-state index contributed by atoms with van der Waals surface area (Å²) >= 11 is 5.83. The molecule has 126 valence electrons. The summed E-state index contributed by atoms with van der Waals surface area (Å²) < 4.78 is 15.8. The molecule has 0 radical (unpaired) electrons. The fourth-order valence-corrected chi connectivity index (χ4v) is 2.94. The van der Waals surface area contributed by atoms with Crippen LogP contribution in [0.3, 0.4) is 0 Å². The van der Waals surface area contributed by atoms with E-state index in [4.69, 9.17) is 11.6 Å². The number of anilines is 1. The van der Waals surface area contributed by atoms with Crippen LogP contribution < -0.4 is 5.32 Å². The average Bonchev–Trinajstić information content (AvgIpc) is 2.87. The van der Waals surface area contributed by atoms with Crippen molar-refractivity contribution in [2.75, 3.05) is 18.4 Å². The highest BCUT2D eigenvalue weighted by Gasteiger charge is 2.21. The quantitative estimate of drug-likeness (QED) is 0.896. The van der Waals surface area contributed by atoms with Gasteiger partial charge < -0.3 is 4.90 Å². The van der Waals surface area contributed by atoms with E-state index in [-0.39, 0.29) is 11.1 Å². The molecule has 0 aliphatic carbocycles. The first-order chi connectivity index (χ1) is 11.5. The molecule has 2 aromatic rings. The molecule has 2 heterocycles. The van der Waals surface area contributed by atoms with Crippen LogP contribution in [0.4, 0.5) is 15.0 Å². The Bertz CT molecular complexity index is 815. The number of carbonyl (C=O) groups is 1. The third-order valence-electron chi connectivity index (χ3n) is 4.03. The Balaban J connectivity index is 1.69. The van der Waals surface area contributed by atoms with Crippen LogP contribution in [0.15, 0.2) is 30.5 Å². The second-order valence-electron chi connectivity index (χ2n) is 5.79. The Kier molecular flexibility index (Phi) is 4.57. The van der Waals surface area contributed by atoms with E-state index in [9.17, 15) is 9.18 Å². The molecule has 2 amide bonds. The van der Waals surface area contributed by atoms with Crippen molar-refractivity contribution in [1.82, 2.24) is 14.7 Å². The molecule has 1 aliphatic rings. The van der Waals surface area contributed by atoms with Gasteiger partial charge in [-0.15, -0.1) is 0 Å². The van der Waals surface area contributed by atoms with Crippen LogP contribution in [-0.2, 0) is 7.05 Å². The van der Waals surface area contributed by atoms with Crippen molar-refractivity contribution >= 4 is 29.0 Å². The summed E-state index contributed by atoms with van der Waals surface area (Å²) in [5, 5.41) is 7.12. The predicted octanol–water partition coefficient (Wildman–Crippen LogP) is 3.84. The van der Waals surface area contributed by atoms with Gasteiger partial charge in [-0.25, -0.2) is 9.18 Å². The van der Waals surface area contributed by atoms with Crippen LogP contribution in [0.25, 0.3) is 5.57 Å². The van der Waals surface area contributed by atoms with Crippen molar-refractivity contribution < 1.29 is 9.18 Å². The van der Waals surface area contributed by atoms with Crippen molar-refractivity contribution in [3.8, 4) is 0 Å². The lowest BCUT2D eigenvalue weighted by Crippen LogP contribution is -2.38. The van der Waals surface area contributed by atoms with Crippen LogP contribution in [0, 0.1) is 12.7 Å². The third-order valence-corrected chi connectivity index (χ3v) is 4.32. The summed E-state index contributed by atoms with van der Waals surface area (Å²) in [7, 11) is 1.80. The van der Waals surface area contributed by atoms with Crippen molar-refractivity contribution in [2.45, 2.75) is 13.3 Å². The largest absolute Gasteiger partial charge is 0.323 e. The van der Waals surface area contributed by atoms with Gasteiger partial charge in [0.1, 0.15) is 5.82 Å². The molecule has 1 aromatic carbocycles. The molecule has 0 saturated heterocycles. The number of carbonyl (C=O) groups excluding carboxylic acids is 1. The smallest absolute Gasteiger partial charge is 0.320 e. The second kappa shape index (κ2) is 6.65. The van der Waals surface area contributed by atoms with Crippen LogP contribution in [-0.4, -0.2) is 33.8 Å². The summed E-state index contributed by atoms with van der Waals surface area (Å²) in [5.41, 5.74) is 2.27. The van der Waals surface area contributed by atoms with E-state index in [1.807, 2.05) is 19.2 Å². The fraction of sp³-hybridized carbons (Fsp3) is 0.294. The molecule has 0 atom stereocenters. The molecule has 1 aliphatic heterocycles. The monoisotopic (exact) mass is 348 g/mol. The molecule has 0 unspecified atom stereocenters. The first-order valence-corrected chi connectivity index (χ1v) is 8.03. The van der Waals surface area contributed by atoms with Gasteiger partial charge in [0.05, 0.1) is 5.02 Å². The van der Waals surface area contributed by atoms with Crippen LogP contribution in [0.5, 0.6) is 0 Å². The predicted molar refractivity (Wildman–Crippen MR) is 92.5 cm³/mol. The zero-order chi connectivity index (χ0) is 17.3. The molecule has 1 aromatic heterocycles. The minimum absolute atomic E-state index is 0.110. The minimum atomic E-state index is -0.410. The molecule has 0 fully saturated rings. The van der Waals surface area contributed by atoms with Crippen molar-refractivity contribution in [1.29, 1.82) is 0 Å². The number of benzene rings is 1. The van der Waals surface area contributed by atoms with E-state index >= 15 is 0 Å². The van der Waals surface area contributed by atoms with Crippen molar-refractivity contribution in [3.05, 3.63) is 52.4 Å². The van der Waals surface area contributed by atoms with Gasteiger partial charge >= 0.3 is 6.03 Å². The van der Waals surface area contributed by atoms with E-state index in [0.29, 0.717) is 30.9 Å². The average molecular weight is 349 g/mol. The third kappa shape index (κ3) is 3.28. The van der Waals surface area contributed by atoms with Gasteiger partial charge in [-0.3, -0.25) is 10.00 Å². The fourth-order valence-electron chi connectivity index (χ4n) is 2.76. The number of aryl methyl sites for hydroxylation is 2. The maximum atomic E-state index is 14.1. The highest BCUT2D eigenvalue weighted by molar-refractivity contribution is 6.30. The molecule has 0 saturated carbocycles. The topological polar surface area (TPSA) is 50.2 Å². The van der Waals surface area contributed by atoms with Crippen molar-refractivity contribution in [3.63, 3.8) is 0 Å². The number of amides is 2. The normalized spacial score (nSPS) is 14.5. The summed E-state index contributed by atoms with van der Waals surface area (Å²) in [6.07, 6.45) is 4.28. The Morgan fingerprint density at radius 3 is 2.83 bits per heavy atom. The molecule has 1 N–H and O–H groups in total. The van der Waals surface area contributed by atoms with Gasteiger partial charge in [-0.2, -0.15) is 5.10 Å². The lowest BCUT2D eigenvalue weighted by molar-refractivity contribution is 0.217. The number of hydrogen-bond acceptors (Lipinski definition) is 2. The summed E-state index contributed by atoms with van der Waals surface area (Å²) in [6, 6.07) is 4.75. The zero-order valence-electron chi connectivity index (χ0n) is 13.5. The Hall–Kier alpha value is -2.34.